The van der Waals surface area contributed by atoms with Crippen LogP contribution >= 0.6 is 0 Å². The second kappa shape index (κ2) is 4.61. The molecule has 1 aromatic rings. The number of benzene rings is 1. The number of nitrogens with two attached hydrogens (primary N) is 1. The van der Waals surface area contributed by atoms with Crippen LogP contribution in [0, 0.1) is 0 Å². The van der Waals surface area contributed by atoms with E-state index >= 15 is 0 Å². The normalized spacial score (nSPS) is 20.1. The summed E-state index contributed by atoms with van der Waals surface area (Å²) in [7, 11) is 0. The minimum Gasteiger partial charge on any atom is -0.494 e. The van der Waals surface area contributed by atoms with Gasteiger partial charge in [-0.2, -0.15) is 0 Å². The first-order valence-electron chi connectivity index (χ1n) is 5.65. The molecule has 1 saturated heterocycles. The molecule has 4 nitrogen and oxygen atoms in total. The Bertz CT molecular complexity index is 368. The fourth-order valence-electron chi connectivity index (χ4n) is 2.01. The first kappa shape index (κ1) is 11.1. The Morgan fingerprint density at radius 3 is 2.94 bits per heavy atom. The zero-order valence-electron chi connectivity index (χ0n) is 9.52. The third-order valence-electron chi connectivity index (χ3n) is 2.75. The number of rotatable bonds is 3. The van der Waals surface area contributed by atoms with Gasteiger partial charge in [-0.3, -0.25) is 0 Å². The molecule has 2 rings (SSSR count). The molecule has 1 unspecified atom stereocenters. The molecular weight excluding hydrogens is 204 g/mol. The van der Waals surface area contributed by atoms with Gasteiger partial charge in [-0.15, -0.1) is 0 Å². The maximum atomic E-state index is 9.50. The second-order valence-electron chi connectivity index (χ2n) is 4.08. The average Bonchev–Trinajstić information content (AvgIpc) is 2.64. The number of nitrogen functional groups attached to an aromatic ring is 1. The quantitative estimate of drug-likeness (QED) is 0.755. The average molecular weight is 222 g/mol. The SMILES string of the molecule is CCOc1cc(N)cc(N2CCC(O)C2)c1. The van der Waals surface area contributed by atoms with Crippen molar-refractivity contribution in [3.8, 4) is 5.75 Å². The fourth-order valence-corrected chi connectivity index (χ4v) is 2.01. The molecule has 1 aliphatic rings. The molecule has 0 radical (unpaired) electrons. The molecule has 0 amide bonds. The zero-order chi connectivity index (χ0) is 11.5. The molecular formula is C12H18N2O2. The van der Waals surface area contributed by atoms with Crippen LogP contribution in [0.5, 0.6) is 5.75 Å². The summed E-state index contributed by atoms with van der Waals surface area (Å²) in [6, 6.07) is 5.71. The lowest BCUT2D eigenvalue weighted by Gasteiger charge is -2.19. The summed E-state index contributed by atoms with van der Waals surface area (Å²) >= 11 is 0. The molecule has 0 spiro atoms. The van der Waals surface area contributed by atoms with Crippen molar-refractivity contribution < 1.29 is 9.84 Å². The van der Waals surface area contributed by atoms with Crippen LogP contribution in [0.2, 0.25) is 0 Å². The highest BCUT2D eigenvalue weighted by Gasteiger charge is 2.20. The molecule has 88 valence electrons. The molecule has 1 fully saturated rings. The number of β-amino-alcohol motifs (C(OH)–C–C–N with tert-alkyl or cyclic N) is 1. The Kier molecular flexibility index (Phi) is 3.19. The number of hydrogen-bond acceptors (Lipinski definition) is 4. The highest BCUT2D eigenvalue weighted by molar-refractivity contribution is 5.61. The first-order chi connectivity index (χ1) is 7.69. The Hall–Kier alpha value is -1.42. The number of hydrogen-bond donors (Lipinski definition) is 2. The van der Waals surface area contributed by atoms with Crippen LogP contribution in [0.15, 0.2) is 18.2 Å². The predicted octanol–water partition coefficient (Wildman–Crippen LogP) is 1.24. The molecule has 0 aliphatic carbocycles. The van der Waals surface area contributed by atoms with Gasteiger partial charge < -0.3 is 20.5 Å². The van der Waals surface area contributed by atoms with E-state index in [1.54, 1.807) is 0 Å². The van der Waals surface area contributed by atoms with Gasteiger partial charge in [0, 0.05) is 36.6 Å². The van der Waals surface area contributed by atoms with E-state index in [1.807, 2.05) is 25.1 Å². The summed E-state index contributed by atoms with van der Waals surface area (Å²) in [4.78, 5) is 2.13. The van der Waals surface area contributed by atoms with E-state index in [2.05, 4.69) is 4.90 Å². The monoisotopic (exact) mass is 222 g/mol. The van der Waals surface area contributed by atoms with Crippen molar-refractivity contribution in [1.82, 2.24) is 0 Å². The van der Waals surface area contributed by atoms with Gasteiger partial charge in [0.25, 0.3) is 0 Å². The van der Waals surface area contributed by atoms with Gasteiger partial charge in [0.1, 0.15) is 5.75 Å². The van der Waals surface area contributed by atoms with E-state index in [0.29, 0.717) is 18.8 Å². The van der Waals surface area contributed by atoms with Crippen LogP contribution in [-0.4, -0.2) is 30.9 Å². The van der Waals surface area contributed by atoms with Crippen LogP contribution in [-0.2, 0) is 0 Å². The zero-order valence-corrected chi connectivity index (χ0v) is 9.52. The van der Waals surface area contributed by atoms with E-state index < -0.39 is 0 Å². The van der Waals surface area contributed by atoms with Gasteiger partial charge in [0.05, 0.1) is 12.7 Å². The van der Waals surface area contributed by atoms with Crippen molar-refractivity contribution in [2.24, 2.45) is 0 Å². The van der Waals surface area contributed by atoms with Gasteiger partial charge in [-0.05, 0) is 19.4 Å². The third-order valence-corrected chi connectivity index (χ3v) is 2.75. The van der Waals surface area contributed by atoms with Crippen LogP contribution in [0.1, 0.15) is 13.3 Å². The Morgan fingerprint density at radius 2 is 2.31 bits per heavy atom. The maximum absolute atomic E-state index is 9.50. The number of aliphatic hydroxyl groups excluding tert-OH is 1. The summed E-state index contributed by atoms with van der Waals surface area (Å²) in [5.41, 5.74) is 7.55. The summed E-state index contributed by atoms with van der Waals surface area (Å²) in [5.74, 6) is 0.791. The first-order valence-corrected chi connectivity index (χ1v) is 5.65. The molecule has 1 aliphatic heterocycles. The van der Waals surface area contributed by atoms with Crippen molar-refractivity contribution >= 4 is 11.4 Å². The van der Waals surface area contributed by atoms with E-state index in [1.165, 1.54) is 0 Å². The maximum Gasteiger partial charge on any atom is 0.123 e. The number of nitrogens with zero attached hydrogens (tertiary/aromatic N) is 1. The predicted molar refractivity (Wildman–Crippen MR) is 64.9 cm³/mol. The Labute approximate surface area is 95.6 Å². The largest absolute Gasteiger partial charge is 0.494 e. The fraction of sp³-hybridized carbons (Fsp3) is 0.500. The van der Waals surface area contributed by atoms with Crippen molar-refractivity contribution in [2.45, 2.75) is 19.4 Å². The molecule has 4 heteroatoms. The van der Waals surface area contributed by atoms with Gasteiger partial charge in [-0.1, -0.05) is 0 Å². The molecule has 16 heavy (non-hydrogen) atoms. The smallest absolute Gasteiger partial charge is 0.123 e. The van der Waals surface area contributed by atoms with E-state index in [0.717, 1.165) is 24.4 Å². The summed E-state index contributed by atoms with van der Waals surface area (Å²) in [5, 5.41) is 9.50. The molecule has 1 heterocycles. The van der Waals surface area contributed by atoms with Crippen molar-refractivity contribution in [2.75, 3.05) is 30.3 Å². The molecule has 0 bridgehead atoms. The van der Waals surface area contributed by atoms with Crippen LogP contribution in [0.25, 0.3) is 0 Å². The highest BCUT2D eigenvalue weighted by atomic mass is 16.5. The van der Waals surface area contributed by atoms with Gasteiger partial charge in [-0.25, -0.2) is 0 Å². The second-order valence-corrected chi connectivity index (χ2v) is 4.08. The minimum atomic E-state index is -0.225. The molecule has 1 aromatic carbocycles. The van der Waals surface area contributed by atoms with E-state index in [9.17, 15) is 5.11 Å². The van der Waals surface area contributed by atoms with E-state index in [-0.39, 0.29) is 6.10 Å². The Balaban J connectivity index is 2.20. The summed E-state index contributed by atoms with van der Waals surface area (Å²) in [6.45, 7) is 4.12. The van der Waals surface area contributed by atoms with Crippen LogP contribution in [0.4, 0.5) is 11.4 Å². The van der Waals surface area contributed by atoms with Crippen molar-refractivity contribution in [3.05, 3.63) is 18.2 Å². The Morgan fingerprint density at radius 1 is 1.50 bits per heavy atom. The van der Waals surface area contributed by atoms with Crippen LogP contribution in [0.3, 0.4) is 0 Å². The topological polar surface area (TPSA) is 58.7 Å². The third kappa shape index (κ3) is 2.39. The molecule has 1 atom stereocenters. The number of aliphatic hydroxyl groups is 1. The minimum absolute atomic E-state index is 0.225. The summed E-state index contributed by atoms with van der Waals surface area (Å²) in [6.07, 6.45) is 0.593. The van der Waals surface area contributed by atoms with Crippen LogP contribution < -0.4 is 15.4 Å². The number of anilines is 2. The lowest BCUT2D eigenvalue weighted by molar-refractivity contribution is 0.198. The standard InChI is InChI=1S/C12H18N2O2/c1-2-16-12-6-9(13)5-10(7-12)14-4-3-11(15)8-14/h5-7,11,15H,2-4,8,13H2,1H3. The molecule has 0 aromatic heterocycles. The van der Waals surface area contributed by atoms with Crippen molar-refractivity contribution in [3.63, 3.8) is 0 Å². The molecule has 0 saturated carbocycles. The van der Waals surface area contributed by atoms with E-state index in [4.69, 9.17) is 10.5 Å². The van der Waals surface area contributed by atoms with Gasteiger partial charge in [0.15, 0.2) is 0 Å². The highest BCUT2D eigenvalue weighted by Crippen LogP contribution is 2.28. The lowest BCUT2D eigenvalue weighted by Crippen LogP contribution is -2.21. The van der Waals surface area contributed by atoms with Crippen molar-refractivity contribution in [1.29, 1.82) is 0 Å². The van der Waals surface area contributed by atoms with Gasteiger partial charge >= 0.3 is 0 Å². The summed E-state index contributed by atoms with van der Waals surface area (Å²) < 4.78 is 5.44. The number of ether oxygens (including phenoxy) is 1. The lowest BCUT2D eigenvalue weighted by atomic mass is 10.2. The molecule has 3 N–H and O–H groups in total. The van der Waals surface area contributed by atoms with Gasteiger partial charge in [0.2, 0.25) is 0 Å².